The third kappa shape index (κ3) is 5.01. The maximum atomic E-state index is 12.5. The summed E-state index contributed by atoms with van der Waals surface area (Å²) in [5, 5.41) is 23.4. The topological polar surface area (TPSA) is 125 Å². The average Bonchev–Trinajstić information content (AvgIpc) is 3.40. The molecule has 2 aliphatic carbocycles. The Balaban J connectivity index is 1.29. The minimum atomic E-state index is -1.18. The number of carbonyl (C=O) groups excluding carboxylic acids is 2. The van der Waals surface area contributed by atoms with Gasteiger partial charge in [-0.05, 0) is 41.5 Å². The van der Waals surface area contributed by atoms with E-state index in [1.165, 1.54) is 0 Å². The second-order valence-electron chi connectivity index (χ2n) is 8.59. The van der Waals surface area contributed by atoms with Gasteiger partial charge in [0, 0.05) is 30.9 Å². The predicted octanol–water partition coefficient (Wildman–Crippen LogP) is 2.65. The minimum absolute atomic E-state index is 0.0234. The Morgan fingerprint density at radius 2 is 1.64 bits per heavy atom. The monoisotopic (exact) mass is 452 g/mol. The van der Waals surface area contributed by atoms with Gasteiger partial charge in [0.2, 0.25) is 5.91 Å². The van der Waals surface area contributed by atoms with E-state index in [0.717, 1.165) is 22.3 Å². The predicted molar refractivity (Wildman–Crippen MR) is 121 cm³/mol. The number of rotatable bonds is 8. The zero-order valence-electron chi connectivity index (χ0n) is 18.2. The van der Waals surface area contributed by atoms with Gasteiger partial charge in [0.1, 0.15) is 12.6 Å². The van der Waals surface area contributed by atoms with Gasteiger partial charge in [-0.2, -0.15) is 0 Å². The van der Waals surface area contributed by atoms with E-state index in [1.807, 2.05) is 24.3 Å². The summed E-state index contributed by atoms with van der Waals surface area (Å²) >= 11 is 0. The lowest BCUT2D eigenvalue weighted by atomic mass is 9.98. The van der Waals surface area contributed by atoms with Gasteiger partial charge in [0.15, 0.2) is 0 Å². The number of amides is 2. The van der Waals surface area contributed by atoms with Crippen LogP contribution in [0.25, 0.3) is 11.1 Å². The third-order valence-corrected chi connectivity index (χ3v) is 6.50. The van der Waals surface area contributed by atoms with Crippen LogP contribution in [0.4, 0.5) is 4.79 Å². The van der Waals surface area contributed by atoms with E-state index in [9.17, 15) is 14.4 Å². The molecule has 33 heavy (non-hydrogen) atoms. The number of aliphatic carboxylic acids is 1. The SMILES string of the molecule is O=C(NC1CCC(C(=O)N[C@@H](CCO)C(=O)O)C1)OCC1c2ccccc2-c2ccccc21. The largest absolute Gasteiger partial charge is 0.480 e. The molecule has 0 spiro atoms. The van der Waals surface area contributed by atoms with Crippen LogP contribution in [0, 0.1) is 5.92 Å². The molecule has 2 aliphatic rings. The van der Waals surface area contributed by atoms with Gasteiger partial charge < -0.3 is 25.6 Å². The van der Waals surface area contributed by atoms with Crippen LogP contribution in [0.5, 0.6) is 0 Å². The highest BCUT2D eigenvalue weighted by Gasteiger charge is 2.34. The Morgan fingerprint density at radius 1 is 1.00 bits per heavy atom. The molecular weight excluding hydrogens is 424 g/mol. The molecule has 4 N–H and O–H groups in total. The second kappa shape index (κ2) is 10.0. The normalized spacial score (nSPS) is 19.9. The number of fused-ring (bicyclic) bond motifs is 3. The van der Waals surface area contributed by atoms with Crippen LogP contribution in [0.2, 0.25) is 0 Å². The Bertz CT molecular complexity index is 994. The fourth-order valence-electron chi connectivity index (χ4n) is 4.83. The molecular formula is C25H28N2O6. The van der Waals surface area contributed by atoms with Crippen LogP contribution in [0.1, 0.15) is 42.7 Å². The van der Waals surface area contributed by atoms with Crippen molar-refractivity contribution in [2.45, 2.75) is 43.7 Å². The maximum Gasteiger partial charge on any atom is 0.407 e. The molecule has 2 unspecified atom stereocenters. The number of hydrogen-bond donors (Lipinski definition) is 4. The molecule has 0 radical (unpaired) electrons. The molecule has 2 amide bonds. The van der Waals surface area contributed by atoms with Crippen molar-refractivity contribution in [2.75, 3.05) is 13.2 Å². The smallest absolute Gasteiger partial charge is 0.407 e. The van der Waals surface area contributed by atoms with E-state index in [4.69, 9.17) is 14.9 Å². The third-order valence-electron chi connectivity index (χ3n) is 6.50. The number of alkyl carbamates (subject to hydrolysis) is 1. The Hall–Kier alpha value is -3.39. The summed E-state index contributed by atoms with van der Waals surface area (Å²) in [5.41, 5.74) is 4.60. The highest BCUT2D eigenvalue weighted by atomic mass is 16.5. The summed E-state index contributed by atoms with van der Waals surface area (Å²) in [6, 6.07) is 14.9. The number of hydrogen-bond acceptors (Lipinski definition) is 5. The first-order chi connectivity index (χ1) is 16.0. The van der Waals surface area contributed by atoms with Crippen molar-refractivity contribution >= 4 is 18.0 Å². The van der Waals surface area contributed by atoms with Crippen LogP contribution in [-0.2, 0) is 14.3 Å². The highest BCUT2D eigenvalue weighted by Crippen LogP contribution is 2.44. The quantitative estimate of drug-likeness (QED) is 0.488. The van der Waals surface area contributed by atoms with Crippen molar-refractivity contribution in [1.29, 1.82) is 0 Å². The lowest BCUT2D eigenvalue weighted by Crippen LogP contribution is -2.44. The lowest BCUT2D eigenvalue weighted by Gasteiger charge is -2.18. The molecule has 0 aliphatic heterocycles. The zero-order chi connectivity index (χ0) is 23.4. The van der Waals surface area contributed by atoms with Crippen molar-refractivity contribution in [3.63, 3.8) is 0 Å². The van der Waals surface area contributed by atoms with Crippen molar-refractivity contribution in [3.05, 3.63) is 59.7 Å². The maximum absolute atomic E-state index is 12.5. The summed E-state index contributed by atoms with van der Waals surface area (Å²) in [5.74, 6) is -1.95. The average molecular weight is 453 g/mol. The van der Waals surface area contributed by atoms with Crippen molar-refractivity contribution in [2.24, 2.45) is 5.92 Å². The minimum Gasteiger partial charge on any atom is -0.480 e. The number of carboxylic acids is 1. The number of nitrogens with one attached hydrogen (secondary N) is 2. The molecule has 1 fully saturated rings. The first-order valence-corrected chi connectivity index (χ1v) is 11.2. The van der Waals surface area contributed by atoms with Crippen molar-refractivity contribution in [1.82, 2.24) is 10.6 Å². The number of aliphatic hydroxyl groups excluding tert-OH is 1. The van der Waals surface area contributed by atoms with Gasteiger partial charge in [0.05, 0.1) is 0 Å². The van der Waals surface area contributed by atoms with Gasteiger partial charge in [-0.3, -0.25) is 4.79 Å². The van der Waals surface area contributed by atoms with Crippen LogP contribution in [-0.4, -0.2) is 53.5 Å². The molecule has 2 aromatic carbocycles. The van der Waals surface area contributed by atoms with Crippen molar-refractivity contribution in [3.8, 4) is 11.1 Å². The Kier molecular flexibility index (Phi) is 6.93. The standard InChI is InChI=1S/C25H28N2O6/c28-12-11-22(24(30)31)27-23(29)15-9-10-16(13-15)26-25(32)33-14-21-19-7-3-1-5-17(19)18-6-2-4-8-20(18)21/h1-8,15-16,21-22,28H,9-14H2,(H,26,32)(H,27,29)(H,30,31)/t15?,16?,22-/m0/s1. The molecule has 0 heterocycles. The van der Waals surface area contributed by atoms with Gasteiger partial charge in [-0.1, -0.05) is 48.5 Å². The van der Waals surface area contributed by atoms with Gasteiger partial charge in [-0.25, -0.2) is 9.59 Å². The Morgan fingerprint density at radius 3 is 2.24 bits per heavy atom. The molecule has 0 saturated heterocycles. The first kappa shape index (κ1) is 22.8. The molecule has 174 valence electrons. The molecule has 1 saturated carbocycles. The van der Waals surface area contributed by atoms with Crippen LogP contribution in [0.3, 0.4) is 0 Å². The van der Waals surface area contributed by atoms with E-state index in [2.05, 4.69) is 34.9 Å². The molecule has 8 nitrogen and oxygen atoms in total. The van der Waals surface area contributed by atoms with Crippen molar-refractivity contribution < 1.29 is 29.3 Å². The molecule has 3 atom stereocenters. The zero-order valence-corrected chi connectivity index (χ0v) is 18.2. The second-order valence-corrected chi connectivity index (χ2v) is 8.59. The van der Waals surface area contributed by atoms with Gasteiger partial charge in [0.25, 0.3) is 0 Å². The first-order valence-electron chi connectivity index (χ1n) is 11.2. The van der Waals surface area contributed by atoms with Crippen LogP contribution < -0.4 is 10.6 Å². The fraction of sp³-hybridized carbons (Fsp3) is 0.400. The molecule has 4 rings (SSSR count). The number of ether oxygens (including phenoxy) is 1. The van der Waals surface area contributed by atoms with Crippen LogP contribution in [0.15, 0.2) is 48.5 Å². The molecule has 2 aromatic rings. The number of carbonyl (C=O) groups is 3. The van der Waals surface area contributed by atoms with E-state index >= 15 is 0 Å². The van der Waals surface area contributed by atoms with Crippen LogP contribution >= 0.6 is 0 Å². The van der Waals surface area contributed by atoms with Gasteiger partial charge in [-0.15, -0.1) is 0 Å². The molecule has 0 bridgehead atoms. The van der Waals surface area contributed by atoms with Gasteiger partial charge >= 0.3 is 12.1 Å². The van der Waals surface area contributed by atoms with E-state index in [-0.39, 0.29) is 43.4 Å². The molecule has 0 aromatic heterocycles. The number of aliphatic hydroxyl groups is 1. The molecule has 8 heteroatoms. The summed E-state index contributed by atoms with van der Waals surface area (Å²) in [4.78, 5) is 36.1. The van der Waals surface area contributed by atoms with E-state index < -0.39 is 18.1 Å². The highest BCUT2D eigenvalue weighted by molar-refractivity contribution is 5.85. The van der Waals surface area contributed by atoms with E-state index in [1.54, 1.807) is 0 Å². The Labute approximate surface area is 192 Å². The van der Waals surface area contributed by atoms with E-state index in [0.29, 0.717) is 19.3 Å². The lowest BCUT2D eigenvalue weighted by molar-refractivity contribution is -0.142. The summed E-state index contributed by atoms with van der Waals surface area (Å²) in [7, 11) is 0. The summed E-state index contributed by atoms with van der Waals surface area (Å²) < 4.78 is 5.57. The summed E-state index contributed by atoms with van der Waals surface area (Å²) in [6.45, 7) is -0.105. The summed E-state index contributed by atoms with van der Waals surface area (Å²) in [6.07, 6.45) is 1.01. The fourth-order valence-corrected chi connectivity index (χ4v) is 4.83. The number of benzene rings is 2. The number of carboxylic acid groups (broad SMARTS) is 1.